The molecular formula is C30H36N6O3. The number of carbonyl (C=O) groups is 3. The second-order valence-electron chi connectivity index (χ2n) is 10.9. The molecule has 0 radical (unpaired) electrons. The Bertz CT molecular complexity index is 1230. The Morgan fingerprint density at radius 2 is 1.74 bits per heavy atom. The van der Waals surface area contributed by atoms with E-state index >= 15 is 0 Å². The van der Waals surface area contributed by atoms with Crippen LogP contribution in [0.5, 0.6) is 0 Å². The number of amides is 4. The summed E-state index contributed by atoms with van der Waals surface area (Å²) < 4.78 is 0. The first kappa shape index (κ1) is 26.5. The number of likely N-dealkylation sites (tertiary alicyclic amines) is 1. The summed E-state index contributed by atoms with van der Waals surface area (Å²) in [7, 11) is 0. The highest BCUT2D eigenvalue weighted by Gasteiger charge is 2.54. The molecule has 3 aliphatic rings. The largest absolute Gasteiger partial charge is 0.354 e. The van der Waals surface area contributed by atoms with Gasteiger partial charge in [0.05, 0.1) is 18.3 Å². The Kier molecular flexibility index (Phi) is 8.01. The van der Waals surface area contributed by atoms with Crippen molar-refractivity contribution < 1.29 is 14.4 Å². The Balaban J connectivity index is 1.25. The van der Waals surface area contributed by atoms with Crippen molar-refractivity contribution in [3.63, 3.8) is 0 Å². The van der Waals surface area contributed by atoms with Gasteiger partial charge < -0.3 is 25.3 Å². The average Bonchev–Trinajstić information content (AvgIpc) is 3.23. The van der Waals surface area contributed by atoms with E-state index in [9.17, 15) is 14.4 Å². The molecular weight excluding hydrogens is 492 g/mol. The minimum absolute atomic E-state index is 0.0378. The van der Waals surface area contributed by atoms with Crippen molar-refractivity contribution in [3.8, 4) is 6.07 Å². The van der Waals surface area contributed by atoms with E-state index in [-0.39, 0.29) is 24.4 Å². The first-order valence-electron chi connectivity index (χ1n) is 13.9. The maximum Gasteiger partial charge on any atom is 0.321 e. The van der Waals surface area contributed by atoms with E-state index in [2.05, 4.69) is 21.6 Å². The van der Waals surface area contributed by atoms with Crippen LogP contribution in [0.3, 0.4) is 0 Å². The zero-order valence-electron chi connectivity index (χ0n) is 22.3. The highest BCUT2D eigenvalue weighted by molar-refractivity contribution is 5.97. The topological polar surface area (TPSA) is 109 Å². The van der Waals surface area contributed by atoms with Gasteiger partial charge in [-0.05, 0) is 61.9 Å². The van der Waals surface area contributed by atoms with Gasteiger partial charge in [0.1, 0.15) is 12.1 Å². The van der Waals surface area contributed by atoms with E-state index in [4.69, 9.17) is 5.26 Å². The highest BCUT2D eigenvalue weighted by atomic mass is 16.2. The number of urea groups is 1. The number of benzene rings is 2. The Morgan fingerprint density at radius 3 is 2.46 bits per heavy atom. The van der Waals surface area contributed by atoms with Gasteiger partial charge in [0.2, 0.25) is 5.91 Å². The first-order valence-corrected chi connectivity index (χ1v) is 13.9. The molecule has 2 aliphatic heterocycles. The molecule has 2 heterocycles. The van der Waals surface area contributed by atoms with Gasteiger partial charge in [-0.2, -0.15) is 5.26 Å². The molecule has 4 amide bonds. The molecule has 2 N–H and O–H groups in total. The van der Waals surface area contributed by atoms with Crippen molar-refractivity contribution in [3.05, 3.63) is 60.2 Å². The molecule has 0 aromatic heterocycles. The summed E-state index contributed by atoms with van der Waals surface area (Å²) in [5.74, 6) is 0.360. The number of nitrogens with zero attached hydrogens (tertiary/aromatic N) is 4. The van der Waals surface area contributed by atoms with Crippen LogP contribution < -0.4 is 15.5 Å². The fourth-order valence-electron chi connectivity index (χ4n) is 6.15. The van der Waals surface area contributed by atoms with E-state index in [1.807, 2.05) is 30.3 Å². The number of anilines is 2. The fourth-order valence-corrected chi connectivity index (χ4v) is 6.15. The second-order valence-corrected chi connectivity index (χ2v) is 10.9. The molecule has 0 atom stereocenters. The normalized spacial score (nSPS) is 19.2. The van der Waals surface area contributed by atoms with Crippen LogP contribution in [0.25, 0.3) is 0 Å². The van der Waals surface area contributed by atoms with Crippen LogP contribution in [-0.2, 0) is 9.59 Å². The Labute approximate surface area is 229 Å². The van der Waals surface area contributed by atoms with Crippen LogP contribution in [-0.4, -0.2) is 66.0 Å². The van der Waals surface area contributed by atoms with E-state index < -0.39 is 5.54 Å². The monoisotopic (exact) mass is 528 g/mol. The zero-order chi connectivity index (χ0) is 27.2. The summed E-state index contributed by atoms with van der Waals surface area (Å²) in [5.41, 5.74) is 1.17. The quantitative estimate of drug-likeness (QED) is 0.591. The Morgan fingerprint density at radius 1 is 1.00 bits per heavy atom. The Hall–Kier alpha value is -4.06. The third kappa shape index (κ3) is 5.85. The van der Waals surface area contributed by atoms with Gasteiger partial charge in [0.25, 0.3) is 5.91 Å². The summed E-state index contributed by atoms with van der Waals surface area (Å²) in [6, 6.07) is 18.4. The van der Waals surface area contributed by atoms with Crippen molar-refractivity contribution in [1.82, 2.24) is 15.1 Å². The number of nitriles is 1. The SMILES string of the molecule is N#Cc1cccc(NC(=O)N2CCC3(CC2)C(=O)N(CC(=O)NCC2CCCCC2)CN3c2ccccc2)c1. The van der Waals surface area contributed by atoms with Crippen molar-refractivity contribution in [2.75, 3.05) is 43.1 Å². The van der Waals surface area contributed by atoms with Gasteiger partial charge in [-0.25, -0.2) is 4.79 Å². The molecule has 0 unspecified atom stereocenters. The van der Waals surface area contributed by atoms with Crippen molar-refractivity contribution in [2.45, 2.75) is 50.5 Å². The zero-order valence-corrected chi connectivity index (χ0v) is 22.3. The van der Waals surface area contributed by atoms with Gasteiger partial charge in [-0.1, -0.05) is 43.5 Å². The maximum absolute atomic E-state index is 13.9. The van der Waals surface area contributed by atoms with Gasteiger partial charge >= 0.3 is 6.03 Å². The lowest BCUT2D eigenvalue weighted by atomic mass is 9.85. The van der Waals surface area contributed by atoms with Gasteiger partial charge in [0, 0.05) is 31.0 Å². The third-order valence-corrected chi connectivity index (χ3v) is 8.35. The maximum atomic E-state index is 13.9. The molecule has 3 fully saturated rings. The van der Waals surface area contributed by atoms with Crippen LogP contribution in [0, 0.1) is 17.2 Å². The van der Waals surface area contributed by atoms with Crippen LogP contribution in [0.15, 0.2) is 54.6 Å². The van der Waals surface area contributed by atoms with Crippen LogP contribution in [0.1, 0.15) is 50.5 Å². The highest BCUT2D eigenvalue weighted by Crippen LogP contribution is 2.39. The number of nitrogens with one attached hydrogen (secondary N) is 2. The number of rotatable bonds is 6. The summed E-state index contributed by atoms with van der Waals surface area (Å²) in [6.07, 6.45) is 6.96. The van der Waals surface area contributed by atoms with Gasteiger partial charge in [0.15, 0.2) is 0 Å². The number of hydrogen-bond donors (Lipinski definition) is 2. The molecule has 2 saturated heterocycles. The predicted molar refractivity (Wildman–Crippen MR) is 149 cm³/mol. The van der Waals surface area contributed by atoms with Crippen LogP contribution >= 0.6 is 0 Å². The minimum Gasteiger partial charge on any atom is -0.354 e. The average molecular weight is 529 g/mol. The molecule has 0 bridgehead atoms. The van der Waals surface area contributed by atoms with E-state index in [1.54, 1.807) is 34.1 Å². The summed E-state index contributed by atoms with van der Waals surface area (Å²) >= 11 is 0. The van der Waals surface area contributed by atoms with Crippen LogP contribution in [0.4, 0.5) is 16.2 Å². The first-order chi connectivity index (χ1) is 19.0. The molecule has 204 valence electrons. The van der Waals surface area contributed by atoms with Crippen molar-refractivity contribution in [2.24, 2.45) is 5.92 Å². The molecule has 1 saturated carbocycles. The lowest BCUT2D eigenvalue weighted by Crippen LogP contribution is -2.58. The molecule has 2 aromatic carbocycles. The molecule has 5 rings (SSSR count). The van der Waals surface area contributed by atoms with E-state index in [0.717, 1.165) is 18.5 Å². The molecule has 9 nitrogen and oxygen atoms in total. The lowest BCUT2D eigenvalue weighted by Gasteiger charge is -2.43. The summed E-state index contributed by atoms with van der Waals surface area (Å²) in [6.45, 7) is 1.86. The van der Waals surface area contributed by atoms with Crippen molar-refractivity contribution in [1.29, 1.82) is 5.26 Å². The smallest absolute Gasteiger partial charge is 0.321 e. The van der Waals surface area contributed by atoms with Gasteiger partial charge in [-0.3, -0.25) is 9.59 Å². The van der Waals surface area contributed by atoms with Crippen LogP contribution in [0.2, 0.25) is 0 Å². The van der Waals surface area contributed by atoms with Gasteiger partial charge in [-0.15, -0.1) is 0 Å². The number of piperidine rings is 1. The fraction of sp³-hybridized carbons (Fsp3) is 0.467. The van der Waals surface area contributed by atoms with E-state index in [1.165, 1.54) is 19.3 Å². The summed E-state index contributed by atoms with van der Waals surface area (Å²) in [4.78, 5) is 45.2. The molecule has 1 spiro atoms. The molecule has 2 aromatic rings. The van der Waals surface area contributed by atoms with E-state index in [0.29, 0.717) is 56.3 Å². The lowest BCUT2D eigenvalue weighted by molar-refractivity contribution is -0.137. The minimum atomic E-state index is -0.803. The molecule has 9 heteroatoms. The number of carbonyl (C=O) groups excluding carboxylic acids is 3. The standard InChI is InChI=1S/C30H36N6O3/c31-19-24-10-7-11-25(18-24)33-29(39)34-16-14-30(15-17-34)28(38)35(22-36(30)26-12-5-2-6-13-26)21-27(37)32-20-23-8-3-1-4-9-23/h2,5-7,10-13,18,23H,1,3-4,8-9,14-17,20-22H2,(H,32,37)(H,33,39). The molecule has 39 heavy (non-hydrogen) atoms. The number of para-hydroxylation sites is 1. The summed E-state index contributed by atoms with van der Waals surface area (Å²) in [5, 5.41) is 15.1. The van der Waals surface area contributed by atoms with Crippen molar-refractivity contribution >= 4 is 29.2 Å². The predicted octanol–water partition coefficient (Wildman–Crippen LogP) is 3.93. The second kappa shape index (κ2) is 11.8. The molecule has 1 aliphatic carbocycles. The number of hydrogen-bond acceptors (Lipinski definition) is 5. The third-order valence-electron chi connectivity index (χ3n) is 8.35.